The van der Waals surface area contributed by atoms with E-state index in [1.807, 2.05) is 61.5 Å². The minimum Gasteiger partial charge on any atom is -0.382 e. The number of nitrogens with one attached hydrogen (secondary N) is 1. The van der Waals surface area contributed by atoms with Gasteiger partial charge in [0.1, 0.15) is 23.3 Å². The van der Waals surface area contributed by atoms with Crippen molar-refractivity contribution in [3.05, 3.63) is 75.8 Å². The summed E-state index contributed by atoms with van der Waals surface area (Å²) in [7, 11) is 0. The molecule has 0 amide bonds. The van der Waals surface area contributed by atoms with Crippen LogP contribution in [0.3, 0.4) is 0 Å². The highest BCUT2D eigenvalue weighted by atomic mass is 16.5. The number of nitrogens with zero attached hydrogens (tertiary/aromatic N) is 6. The standard InChI is InChI=1S/C29H31N9O2/c1-18(33-25-21(13-30)24(31)35-28(32)36-25)26-34-22-11-5-7-19(8-6-12-37-14-29(15-37)16-40-17-29)23(22)27(39)38(26)20-9-3-2-4-10-20/h2-5,7,9-11,18H,6,8,12,14-17H2,1H3,(H5,31,32,33,35,36). The van der Waals surface area contributed by atoms with Gasteiger partial charge < -0.3 is 26.4 Å². The molecule has 1 atom stereocenters. The van der Waals surface area contributed by atoms with E-state index in [0.29, 0.717) is 27.8 Å². The second-order valence-electron chi connectivity index (χ2n) is 10.7. The first kappa shape index (κ1) is 25.7. The van der Waals surface area contributed by atoms with E-state index >= 15 is 0 Å². The number of ether oxygens (including phenoxy) is 1. The van der Waals surface area contributed by atoms with Gasteiger partial charge in [0.05, 0.1) is 35.8 Å². The summed E-state index contributed by atoms with van der Waals surface area (Å²) in [4.78, 5) is 29.7. The van der Waals surface area contributed by atoms with Gasteiger partial charge >= 0.3 is 0 Å². The second-order valence-corrected chi connectivity index (χ2v) is 10.7. The molecule has 4 heterocycles. The number of fused-ring (bicyclic) bond motifs is 1. The van der Waals surface area contributed by atoms with Crippen molar-refractivity contribution in [3.63, 3.8) is 0 Å². The number of para-hydroxylation sites is 1. The third-order valence-electron chi connectivity index (χ3n) is 7.69. The molecule has 4 aromatic rings. The third kappa shape index (κ3) is 4.61. The van der Waals surface area contributed by atoms with Crippen LogP contribution in [0.1, 0.15) is 36.3 Å². The highest BCUT2D eigenvalue weighted by Gasteiger charge is 2.48. The van der Waals surface area contributed by atoms with Gasteiger partial charge in [-0.25, -0.2) is 4.98 Å². The molecule has 6 rings (SSSR count). The predicted octanol–water partition coefficient (Wildman–Crippen LogP) is 2.65. The monoisotopic (exact) mass is 537 g/mol. The quantitative estimate of drug-likeness (QED) is 0.305. The Hall–Kier alpha value is -4.53. The molecule has 2 aromatic carbocycles. The van der Waals surface area contributed by atoms with Crippen molar-refractivity contribution in [1.29, 1.82) is 5.26 Å². The number of hydrogen-bond donors (Lipinski definition) is 3. The van der Waals surface area contributed by atoms with Crippen molar-refractivity contribution in [1.82, 2.24) is 24.4 Å². The van der Waals surface area contributed by atoms with Crippen LogP contribution in [0.2, 0.25) is 0 Å². The number of hydrogen-bond acceptors (Lipinski definition) is 10. The summed E-state index contributed by atoms with van der Waals surface area (Å²) in [5.74, 6) is 0.575. The number of aryl methyl sites for hydroxylation is 1. The molecule has 11 nitrogen and oxygen atoms in total. The Balaban J connectivity index is 1.35. The lowest BCUT2D eigenvalue weighted by atomic mass is 9.78. The van der Waals surface area contributed by atoms with Crippen LogP contribution in [0.15, 0.2) is 53.3 Å². The summed E-state index contributed by atoms with van der Waals surface area (Å²) in [6, 6.07) is 16.7. The molecule has 2 saturated heterocycles. The van der Waals surface area contributed by atoms with E-state index in [-0.39, 0.29) is 28.7 Å². The molecule has 40 heavy (non-hydrogen) atoms. The van der Waals surface area contributed by atoms with Gasteiger partial charge in [-0.15, -0.1) is 0 Å². The van der Waals surface area contributed by atoms with E-state index < -0.39 is 6.04 Å². The van der Waals surface area contributed by atoms with Crippen LogP contribution in [0.25, 0.3) is 16.6 Å². The Morgan fingerprint density at radius 1 is 1.10 bits per heavy atom. The maximum atomic E-state index is 14.2. The molecule has 5 N–H and O–H groups in total. The summed E-state index contributed by atoms with van der Waals surface area (Å²) >= 11 is 0. The number of rotatable bonds is 8. The second kappa shape index (κ2) is 10.2. The van der Waals surface area contributed by atoms with Crippen LogP contribution in [0.5, 0.6) is 0 Å². The van der Waals surface area contributed by atoms with Gasteiger partial charge in [0.2, 0.25) is 5.95 Å². The maximum Gasteiger partial charge on any atom is 0.266 e. The Morgan fingerprint density at radius 3 is 2.58 bits per heavy atom. The highest BCUT2D eigenvalue weighted by molar-refractivity contribution is 5.82. The molecule has 1 unspecified atom stereocenters. The van der Waals surface area contributed by atoms with Crippen molar-refractivity contribution in [2.45, 2.75) is 25.8 Å². The number of likely N-dealkylation sites (tertiary alicyclic amines) is 1. The van der Waals surface area contributed by atoms with Crippen molar-refractivity contribution in [3.8, 4) is 11.8 Å². The fourth-order valence-electron chi connectivity index (χ4n) is 5.75. The molecule has 0 aliphatic carbocycles. The Kier molecular flexibility index (Phi) is 6.57. The fourth-order valence-corrected chi connectivity index (χ4v) is 5.75. The van der Waals surface area contributed by atoms with Crippen LogP contribution < -0.4 is 22.3 Å². The van der Waals surface area contributed by atoms with Crippen molar-refractivity contribution in [2.75, 3.05) is 49.6 Å². The van der Waals surface area contributed by atoms with E-state index in [4.69, 9.17) is 21.2 Å². The lowest BCUT2D eigenvalue weighted by molar-refractivity contribution is -0.188. The molecule has 2 aliphatic heterocycles. The van der Waals surface area contributed by atoms with Gasteiger partial charge in [-0.2, -0.15) is 15.2 Å². The lowest BCUT2D eigenvalue weighted by Gasteiger charge is -2.55. The Morgan fingerprint density at radius 2 is 1.88 bits per heavy atom. The molecule has 2 aromatic heterocycles. The van der Waals surface area contributed by atoms with Gasteiger partial charge in [0, 0.05) is 18.5 Å². The normalized spacial score (nSPS) is 16.7. The summed E-state index contributed by atoms with van der Waals surface area (Å²) < 4.78 is 7.01. The topological polar surface area (TPSA) is 161 Å². The van der Waals surface area contributed by atoms with E-state index in [1.54, 1.807) is 4.57 Å². The van der Waals surface area contributed by atoms with Crippen LogP contribution in [-0.2, 0) is 11.2 Å². The van der Waals surface area contributed by atoms with Crippen molar-refractivity contribution >= 4 is 28.5 Å². The Labute approximate surface area is 231 Å². The zero-order chi connectivity index (χ0) is 27.9. The molecule has 11 heteroatoms. The number of nitrogens with two attached hydrogens (primary N) is 2. The van der Waals surface area contributed by atoms with Crippen LogP contribution in [-0.4, -0.2) is 57.3 Å². The molecular weight excluding hydrogens is 506 g/mol. The lowest BCUT2D eigenvalue weighted by Crippen LogP contribution is -2.65. The van der Waals surface area contributed by atoms with Crippen LogP contribution >= 0.6 is 0 Å². The van der Waals surface area contributed by atoms with E-state index in [1.165, 1.54) is 0 Å². The fraction of sp³-hybridized carbons (Fsp3) is 0.345. The number of nitrogen functional groups attached to an aromatic ring is 2. The zero-order valence-electron chi connectivity index (χ0n) is 22.3. The molecule has 1 spiro atoms. The highest BCUT2D eigenvalue weighted by Crippen LogP contribution is 2.37. The summed E-state index contributed by atoms with van der Waals surface area (Å²) in [6.07, 6.45) is 1.73. The first-order chi connectivity index (χ1) is 19.4. The summed E-state index contributed by atoms with van der Waals surface area (Å²) in [5.41, 5.74) is 14.3. The first-order valence-corrected chi connectivity index (χ1v) is 13.4. The van der Waals surface area contributed by atoms with Crippen molar-refractivity contribution in [2.24, 2.45) is 5.41 Å². The number of anilines is 3. The van der Waals surface area contributed by atoms with Gasteiger partial charge in [-0.1, -0.05) is 30.3 Å². The average molecular weight is 538 g/mol. The van der Waals surface area contributed by atoms with Crippen LogP contribution in [0, 0.1) is 16.7 Å². The van der Waals surface area contributed by atoms with Gasteiger partial charge in [0.15, 0.2) is 5.82 Å². The molecule has 2 fully saturated rings. The summed E-state index contributed by atoms with van der Waals surface area (Å²) in [5, 5.41) is 13.4. The average Bonchev–Trinajstić information content (AvgIpc) is 2.89. The van der Waals surface area contributed by atoms with Gasteiger partial charge in [0.25, 0.3) is 5.56 Å². The van der Waals surface area contributed by atoms with E-state index in [2.05, 4.69) is 20.2 Å². The minimum atomic E-state index is -0.531. The van der Waals surface area contributed by atoms with E-state index in [0.717, 1.165) is 51.3 Å². The van der Waals surface area contributed by atoms with Crippen LogP contribution in [0.4, 0.5) is 17.6 Å². The minimum absolute atomic E-state index is 0.0179. The predicted molar refractivity (Wildman–Crippen MR) is 153 cm³/mol. The molecule has 204 valence electrons. The molecule has 0 bridgehead atoms. The van der Waals surface area contributed by atoms with Gasteiger partial charge in [-0.3, -0.25) is 9.36 Å². The third-order valence-corrected chi connectivity index (χ3v) is 7.69. The number of benzene rings is 2. The summed E-state index contributed by atoms with van der Waals surface area (Å²) in [6.45, 7) is 6.78. The van der Waals surface area contributed by atoms with E-state index in [9.17, 15) is 10.1 Å². The number of nitriles is 1. The SMILES string of the molecule is CC(Nc1nc(N)nc(N)c1C#N)c1nc2cccc(CCCN3CC4(COC4)C3)c2c(=O)n1-c1ccccc1. The molecule has 0 saturated carbocycles. The first-order valence-electron chi connectivity index (χ1n) is 13.4. The molecular formula is C29H31N9O2. The maximum absolute atomic E-state index is 14.2. The number of aromatic nitrogens is 4. The molecule has 2 aliphatic rings. The van der Waals surface area contributed by atoms with Crippen molar-refractivity contribution < 1.29 is 4.74 Å². The Bertz CT molecular complexity index is 1670. The zero-order valence-corrected chi connectivity index (χ0v) is 22.3. The van der Waals surface area contributed by atoms with Gasteiger partial charge in [-0.05, 0) is 50.1 Å². The smallest absolute Gasteiger partial charge is 0.266 e. The largest absolute Gasteiger partial charge is 0.382 e. The molecule has 0 radical (unpaired) electrons.